The van der Waals surface area contributed by atoms with Crippen molar-refractivity contribution in [2.24, 2.45) is 0 Å². The van der Waals surface area contributed by atoms with E-state index in [9.17, 15) is 4.79 Å². The van der Waals surface area contributed by atoms with Crippen LogP contribution in [0.4, 0.5) is 4.79 Å². The average Bonchev–Trinajstić information content (AvgIpc) is 2.97. The Morgan fingerprint density at radius 3 is 2.54 bits per heavy atom. The van der Waals surface area contributed by atoms with Gasteiger partial charge in [-0.3, -0.25) is 4.68 Å². The van der Waals surface area contributed by atoms with Crippen LogP contribution in [-0.4, -0.2) is 21.9 Å². The molecule has 0 bridgehead atoms. The maximum absolute atomic E-state index is 12.2. The van der Waals surface area contributed by atoms with Crippen LogP contribution in [0.2, 0.25) is 0 Å². The van der Waals surface area contributed by atoms with Gasteiger partial charge in [0.1, 0.15) is 0 Å². The van der Waals surface area contributed by atoms with E-state index in [1.807, 2.05) is 29.1 Å². The van der Waals surface area contributed by atoms with Gasteiger partial charge < -0.3 is 10.6 Å². The number of carbonyl (C=O) groups excluding carboxylic acids is 1. The molecule has 0 atom stereocenters. The van der Waals surface area contributed by atoms with Crippen LogP contribution in [0.5, 0.6) is 0 Å². The van der Waals surface area contributed by atoms with Crippen LogP contribution in [0, 0.1) is 0 Å². The molecule has 2 amide bonds. The van der Waals surface area contributed by atoms with E-state index in [2.05, 4.69) is 27.9 Å². The van der Waals surface area contributed by atoms with E-state index in [1.54, 1.807) is 6.20 Å². The third-order valence-electron chi connectivity index (χ3n) is 4.64. The number of nitrogens with zero attached hydrogens (tertiary/aromatic N) is 2. The van der Waals surface area contributed by atoms with Gasteiger partial charge in [0.2, 0.25) is 0 Å². The first-order valence-electron chi connectivity index (χ1n) is 8.90. The summed E-state index contributed by atoms with van der Waals surface area (Å²) in [5.74, 6) is 0. The molecule has 5 heteroatoms. The molecule has 1 aliphatic rings. The van der Waals surface area contributed by atoms with E-state index < -0.39 is 0 Å². The van der Waals surface area contributed by atoms with E-state index >= 15 is 0 Å². The van der Waals surface area contributed by atoms with Crippen molar-refractivity contribution in [3.63, 3.8) is 0 Å². The third kappa shape index (κ3) is 4.85. The average molecular weight is 326 g/mol. The van der Waals surface area contributed by atoms with Gasteiger partial charge in [0.05, 0.1) is 6.54 Å². The van der Waals surface area contributed by atoms with E-state index in [4.69, 9.17) is 0 Å². The Bertz CT molecular complexity index is 631. The van der Waals surface area contributed by atoms with Crippen molar-refractivity contribution in [2.75, 3.05) is 0 Å². The van der Waals surface area contributed by atoms with Crippen molar-refractivity contribution in [1.29, 1.82) is 0 Å². The molecule has 0 radical (unpaired) electrons. The molecule has 2 aromatic rings. The summed E-state index contributed by atoms with van der Waals surface area (Å²) in [6.45, 7) is 1.26. The number of hydrogen-bond donors (Lipinski definition) is 2. The van der Waals surface area contributed by atoms with Gasteiger partial charge in [0.15, 0.2) is 0 Å². The Labute approximate surface area is 143 Å². The van der Waals surface area contributed by atoms with Gasteiger partial charge in [-0.25, -0.2) is 4.79 Å². The number of aromatic nitrogens is 2. The maximum atomic E-state index is 12.2. The summed E-state index contributed by atoms with van der Waals surface area (Å²) in [6.07, 6.45) is 11.0. The number of urea groups is 1. The molecule has 0 aliphatic heterocycles. The van der Waals surface area contributed by atoms with Crippen molar-refractivity contribution >= 4 is 6.03 Å². The highest BCUT2D eigenvalue weighted by atomic mass is 16.2. The van der Waals surface area contributed by atoms with Crippen LogP contribution in [0.3, 0.4) is 0 Å². The van der Waals surface area contributed by atoms with E-state index in [1.165, 1.54) is 31.2 Å². The quantitative estimate of drug-likeness (QED) is 0.827. The minimum absolute atomic E-state index is 0.0595. The molecule has 1 heterocycles. The van der Waals surface area contributed by atoms with Crippen molar-refractivity contribution in [3.05, 3.63) is 53.9 Å². The molecule has 128 valence electrons. The van der Waals surface area contributed by atoms with Crippen molar-refractivity contribution in [2.45, 2.75) is 57.7 Å². The molecule has 0 unspecified atom stereocenters. The second-order valence-corrected chi connectivity index (χ2v) is 6.49. The van der Waals surface area contributed by atoms with Gasteiger partial charge in [-0.1, -0.05) is 49.9 Å². The van der Waals surface area contributed by atoms with Crippen LogP contribution in [0.25, 0.3) is 0 Å². The number of benzene rings is 1. The van der Waals surface area contributed by atoms with Crippen molar-refractivity contribution < 1.29 is 4.79 Å². The summed E-state index contributed by atoms with van der Waals surface area (Å²) >= 11 is 0. The zero-order valence-corrected chi connectivity index (χ0v) is 14.1. The lowest BCUT2D eigenvalue weighted by Crippen LogP contribution is -2.41. The normalized spacial score (nSPS) is 15.7. The summed E-state index contributed by atoms with van der Waals surface area (Å²) in [5, 5.41) is 10.4. The van der Waals surface area contributed by atoms with Crippen LogP contribution in [0.1, 0.15) is 49.7 Å². The van der Waals surface area contributed by atoms with Crippen LogP contribution >= 0.6 is 0 Å². The Morgan fingerprint density at radius 2 is 1.83 bits per heavy atom. The van der Waals surface area contributed by atoms with Gasteiger partial charge in [0.25, 0.3) is 0 Å². The Kier molecular flexibility index (Phi) is 5.88. The molecular weight excluding hydrogens is 300 g/mol. The third-order valence-corrected chi connectivity index (χ3v) is 4.64. The SMILES string of the molecule is O=C(NCc1ccccc1Cn1cccn1)NC1CCCCCC1. The van der Waals surface area contributed by atoms with Gasteiger partial charge in [-0.05, 0) is 30.0 Å². The first-order valence-corrected chi connectivity index (χ1v) is 8.90. The molecule has 1 fully saturated rings. The molecule has 1 aliphatic carbocycles. The number of hydrogen-bond acceptors (Lipinski definition) is 2. The number of rotatable bonds is 5. The van der Waals surface area contributed by atoms with Crippen LogP contribution in [-0.2, 0) is 13.1 Å². The molecule has 1 saturated carbocycles. The van der Waals surface area contributed by atoms with E-state index in [0.717, 1.165) is 24.9 Å². The maximum Gasteiger partial charge on any atom is 0.315 e. The molecule has 2 N–H and O–H groups in total. The highest BCUT2D eigenvalue weighted by Gasteiger charge is 2.14. The lowest BCUT2D eigenvalue weighted by molar-refractivity contribution is 0.235. The lowest BCUT2D eigenvalue weighted by Gasteiger charge is -2.17. The largest absolute Gasteiger partial charge is 0.335 e. The monoisotopic (exact) mass is 326 g/mol. The standard InChI is InChI=1S/C19H26N4O/c24-19(22-18-10-3-1-2-4-11-18)20-14-16-8-5-6-9-17(16)15-23-13-7-12-21-23/h5-9,12-13,18H,1-4,10-11,14-15H2,(H2,20,22,24). The molecular formula is C19H26N4O. The number of carbonyl (C=O) groups is 1. The van der Waals surface area contributed by atoms with Crippen molar-refractivity contribution in [1.82, 2.24) is 20.4 Å². The van der Waals surface area contributed by atoms with Crippen LogP contribution < -0.4 is 10.6 Å². The molecule has 0 saturated heterocycles. The Morgan fingerprint density at radius 1 is 1.08 bits per heavy atom. The molecule has 5 nitrogen and oxygen atoms in total. The summed E-state index contributed by atoms with van der Waals surface area (Å²) < 4.78 is 1.89. The van der Waals surface area contributed by atoms with E-state index in [-0.39, 0.29) is 6.03 Å². The first kappa shape index (κ1) is 16.6. The summed E-state index contributed by atoms with van der Waals surface area (Å²) in [6, 6.07) is 10.4. The van der Waals surface area contributed by atoms with Gasteiger partial charge >= 0.3 is 6.03 Å². The highest BCUT2D eigenvalue weighted by Crippen LogP contribution is 2.17. The number of nitrogens with one attached hydrogen (secondary N) is 2. The molecule has 1 aromatic carbocycles. The minimum atomic E-state index is -0.0595. The zero-order valence-electron chi connectivity index (χ0n) is 14.1. The molecule has 24 heavy (non-hydrogen) atoms. The smallest absolute Gasteiger partial charge is 0.315 e. The summed E-state index contributed by atoms with van der Waals surface area (Å²) in [5.41, 5.74) is 2.31. The van der Waals surface area contributed by atoms with Crippen LogP contribution in [0.15, 0.2) is 42.7 Å². The Balaban J connectivity index is 1.53. The highest BCUT2D eigenvalue weighted by molar-refractivity contribution is 5.74. The van der Waals surface area contributed by atoms with Gasteiger partial charge in [-0.2, -0.15) is 5.10 Å². The van der Waals surface area contributed by atoms with Crippen molar-refractivity contribution in [3.8, 4) is 0 Å². The lowest BCUT2D eigenvalue weighted by atomic mass is 10.1. The fourth-order valence-corrected chi connectivity index (χ4v) is 3.29. The summed E-state index contributed by atoms with van der Waals surface area (Å²) in [7, 11) is 0. The topological polar surface area (TPSA) is 59.0 Å². The zero-order chi connectivity index (χ0) is 16.6. The second-order valence-electron chi connectivity index (χ2n) is 6.49. The molecule has 1 aromatic heterocycles. The van der Waals surface area contributed by atoms with Gasteiger partial charge in [-0.15, -0.1) is 0 Å². The Hall–Kier alpha value is -2.30. The van der Waals surface area contributed by atoms with E-state index in [0.29, 0.717) is 12.6 Å². The minimum Gasteiger partial charge on any atom is -0.335 e. The van der Waals surface area contributed by atoms with Gasteiger partial charge in [0, 0.05) is 25.0 Å². The second kappa shape index (κ2) is 8.52. The summed E-state index contributed by atoms with van der Waals surface area (Å²) in [4.78, 5) is 12.2. The number of amides is 2. The fourth-order valence-electron chi connectivity index (χ4n) is 3.29. The fraction of sp³-hybridized carbons (Fsp3) is 0.474. The molecule has 3 rings (SSSR count). The first-order chi connectivity index (χ1) is 11.8. The molecule has 0 spiro atoms. The predicted octanol–water partition coefficient (Wildman–Crippen LogP) is 3.45. The predicted molar refractivity (Wildman–Crippen MR) is 94.6 cm³/mol.